The molecule has 2 rings (SSSR count). The van der Waals surface area contributed by atoms with Crippen molar-refractivity contribution in [2.75, 3.05) is 0 Å². The van der Waals surface area contributed by atoms with Crippen molar-refractivity contribution in [1.82, 2.24) is 0 Å². The lowest BCUT2D eigenvalue weighted by molar-refractivity contribution is -0.154. The van der Waals surface area contributed by atoms with Crippen LogP contribution in [-0.4, -0.2) is 11.1 Å². The molecule has 80 valence electrons. The van der Waals surface area contributed by atoms with Crippen LogP contribution in [0.4, 0.5) is 4.39 Å². The molecule has 3 heteroatoms. The quantitative estimate of drug-likeness (QED) is 0.829. The van der Waals surface area contributed by atoms with E-state index in [1.165, 1.54) is 12.1 Å². The molecule has 0 radical (unpaired) electrons. The molecule has 1 saturated carbocycles. The second-order valence-electron chi connectivity index (χ2n) is 4.25. The number of hydrogen-bond donors (Lipinski definition) is 1. The van der Waals surface area contributed by atoms with Crippen LogP contribution in [0.2, 0.25) is 0 Å². The van der Waals surface area contributed by atoms with Crippen LogP contribution in [0.3, 0.4) is 0 Å². The van der Waals surface area contributed by atoms with Gasteiger partial charge in [0.1, 0.15) is 5.82 Å². The van der Waals surface area contributed by atoms with Gasteiger partial charge in [0.15, 0.2) is 0 Å². The predicted octanol–water partition coefficient (Wildman–Crippen LogP) is 2.62. The molecule has 1 aliphatic rings. The normalized spacial score (nSPS) is 18.2. The Bertz CT molecular complexity index is 383. The van der Waals surface area contributed by atoms with E-state index >= 15 is 0 Å². The van der Waals surface area contributed by atoms with Crippen molar-refractivity contribution in [2.45, 2.75) is 25.7 Å². The van der Waals surface area contributed by atoms with Gasteiger partial charge < -0.3 is 5.11 Å². The molecule has 0 atom stereocenters. The Hall–Kier alpha value is -1.38. The molecular formula is C12H13FO2. The van der Waals surface area contributed by atoms with E-state index in [1.54, 1.807) is 12.1 Å². The van der Waals surface area contributed by atoms with Crippen LogP contribution in [0.25, 0.3) is 0 Å². The number of hydrogen-bond acceptors (Lipinski definition) is 1. The van der Waals surface area contributed by atoms with E-state index in [9.17, 15) is 9.18 Å². The van der Waals surface area contributed by atoms with Gasteiger partial charge in [0.05, 0.1) is 5.41 Å². The van der Waals surface area contributed by atoms with Crippen molar-refractivity contribution in [3.05, 3.63) is 35.6 Å². The third-order valence-electron chi connectivity index (χ3n) is 3.20. The fourth-order valence-corrected chi connectivity index (χ4v) is 2.11. The molecule has 0 saturated heterocycles. The van der Waals surface area contributed by atoms with Crippen molar-refractivity contribution < 1.29 is 14.3 Å². The summed E-state index contributed by atoms with van der Waals surface area (Å²) in [6.07, 6.45) is 2.82. The molecule has 15 heavy (non-hydrogen) atoms. The maximum atomic E-state index is 12.9. The standard InChI is InChI=1S/C12H13FO2/c13-10-4-1-3-9(7-10)8-12(11(14)15)5-2-6-12/h1,3-4,7H,2,5-6,8H2,(H,14,15). The number of carbonyl (C=O) groups is 1. The van der Waals surface area contributed by atoms with Gasteiger partial charge >= 0.3 is 5.97 Å². The van der Waals surface area contributed by atoms with Gasteiger partial charge in [-0.25, -0.2) is 4.39 Å². The highest BCUT2D eigenvalue weighted by Crippen LogP contribution is 2.43. The number of aliphatic carboxylic acids is 1. The monoisotopic (exact) mass is 208 g/mol. The zero-order valence-electron chi connectivity index (χ0n) is 8.37. The Morgan fingerprint density at radius 3 is 2.67 bits per heavy atom. The molecule has 1 N–H and O–H groups in total. The van der Waals surface area contributed by atoms with Crippen LogP contribution in [0, 0.1) is 11.2 Å². The van der Waals surface area contributed by atoms with Gasteiger partial charge in [-0.3, -0.25) is 4.79 Å². The summed E-state index contributed by atoms with van der Waals surface area (Å²) in [4.78, 5) is 11.1. The predicted molar refractivity (Wildman–Crippen MR) is 54.0 cm³/mol. The molecular weight excluding hydrogens is 195 g/mol. The lowest BCUT2D eigenvalue weighted by Crippen LogP contribution is -2.39. The summed E-state index contributed by atoms with van der Waals surface area (Å²) >= 11 is 0. The minimum Gasteiger partial charge on any atom is -0.481 e. The average Bonchev–Trinajstić information content (AvgIpc) is 2.11. The largest absolute Gasteiger partial charge is 0.481 e. The second kappa shape index (κ2) is 3.65. The van der Waals surface area contributed by atoms with E-state index in [2.05, 4.69) is 0 Å². The number of carboxylic acid groups (broad SMARTS) is 1. The van der Waals surface area contributed by atoms with Crippen LogP contribution in [0.15, 0.2) is 24.3 Å². The van der Waals surface area contributed by atoms with E-state index in [1.807, 2.05) is 0 Å². The highest BCUT2D eigenvalue weighted by Gasteiger charge is 2.44. The topological polar surface area (TPSA) is 37.3 Å². The Morgan fingerprint density at radius 1 is 1.47 bits per heavy atom. The van der Waals surface area contributed by atoms with E-state index in [0.717, 1.165) is 12.0 Å². The van der Waals surface area contributed by atoms with Gasteiger partial charge in [-0.2, -0.15) is 0 Å². The van der Waals surface area contributed by atoms with E-state index < -0.39 is 11.4 Å². The first-order chi connectivity index (χ1) is 7.12. The minimum atomic E-state index is -0.752. The molecule has 0 aliphatic heterocycles. The van der Waals surface area contributed by atoms with Crippen molar-refractivity contribution in [3.8, 4) is 0 Å². The lowest BCUT2D eigenvalue weighted by atomic mass is 9.65. The molecule has 0 aromatic heterocycles. The fraction of sp³-hybridized carbons (Fsp3) is 0.417. The van der Waals surface area contributed by atoms with E-state index in [-0.39, 0.29) is 5.82 Å². The summed E-state index contributed by atoms with van der Waals surface area (Å²) in [6, 6.07) is 6.20. The molecule has 1 aromatic rings. The Balaban J connectivity index is 2.17. The van der Waals surface area contributed by atoms with Crippen LogP contribution in [-0.2, 0) is 11.2 Å². The summed E-state index contributed by atoms with van der Waals surface area (Å²) in [6.45, 7) is 0. The highest BCUT2D eigenvalue weighted by molar-refractivity contribution is 5.76. The van der Waals surface area contributed by atoms with Gasteiger partial charge in [-0.05, 0) is 37.0 Å². The number of halogens is 1. The lowest BCUT2D eigenvalue weighted by Gasteiger charge is -2.37. The first-order valence-corrected chi connectivity index (χ1v) is 5.10. The van der Waals surface area contributed by atoms with Gasteiger partial charge in [0.2, 0.25) is 0 Å². The van der Waals surface area contributed by atoms with Crippen molar-refractivity contribution in [2.24, 2.45) is 5.41 Å². The zero-order chi connectivity index (χ0) is 10.9. The van der Waals surface area contributed by atoms with Crippen molar-refractivity contribution >= 4 is 5.97 Å². The van der Waals surface area contributed by atoms with Gasteiger partial charge in [-0.15, -0.1) is 0 Å². The van der Waals surface area contributed by atoms with Crippen molar-refractivity contribution in [1.29, 1.82) is 0 Å². The Morgan fingerprint density at radius 2 is 2.20 bits per heavy atom. The molecule has 1 aromatic carbocycles. The first kappa shape index (κ1) is 10.1. The van der Waals surface area contributed by atoms with E-state index in [4.69, 9.17) is 5.11 Å². The SMILES string of the molecule is O=C(O)C1(Cc2cccc(F)c2)CCC1. The molecule has 1 fully saturated rings. The number of benzene rings is 1. The fourth-order valence-electron chi connectivity index (χ4n) is 2.11. The highest BCUT2D eigenvalue weighted by atomic mass is 19.1. The van der Waals surface area contributed by atoms with Crippen LogP contribution in [0.1, 0.15) is 24.8 Å². The summed E-state index contributed by atoms with van der Waals surface area (Å²) < 4.78 is 12.9. The summed E-state index contributed by atoms with van der Waals surface area (Å²) in [5.41, 5.74) is 0.144. The number of carboxylic acids is 1. The van der Waals surface area contributed by atoms with Crippen LogP contribution < -0.4 is 0 Å². The van der Waals surface area contributed by atoms with Gasteiger partial charge in [0.25, 0.3) is 0 Å². The van der Waals surface area contributed by atoms with E-state index in [0.29, 0.717) is 19.3 Å². The summed E-state index contributed by atoms with van der Waals surface area (Å²) in [7, 11) is 0. The molecule has 0 bridgehead atoms. The number of rotatable bonds is 3. The van der Waals surface area contributed by atoms with Crippen LogP contribution in [0.5, 0.6) is 0 Å². The zero-order valence-corrected chi connectivity index (χ0v) is 8.37. The Labute approximate surface area is 87.7 Å². The third-order valence-corrected chi connectivity index (χ3v) is 3.20. The Kier molecular flexibility index (Phi) is 2.47. The minimum absolute atomic E-state index is 0.299. The summed E-state index contributed by atoms with van der Waals surface area (Å²) in [5.74, 6) is -1.05. The summed E-state index contributed by atoms with van der Waals surface area (Å²) in [5, 5.41) is 9.12. The molecule has 0 spiro atoms. The molecule has 1 aliphatic carbocycles. The van der Waals surface area contributed by atoms with Gasteiger partial charge in [0, 0.05) is 0 Å². The van der Waals surface area contributed by atoms with Gasteiger partial charge in [-0.1, -0.05) is 18.6 Å². The molecule has 0 amide bonds. The maximum absolute atomic E-state index is 12.9. The smallest absolute Gasteiger partial charge is 0.309 e. The molecule has 0 unspecified atom stereocenters. The molecule has 2 nitrogen and oxygen atoms in total. The average molecular weight is 208 g/mol. The van der Waals surface area contributed by atoms with Crippen molar-refractivity contribution in [3.63, 3.8) is 0 Å². The van der Waals surface area contributed by atoms with Crippen LogP contribution >= 0.6 is 0 Å². The second-order valence-corrected chi connectivity index (χ2v) is 4.25. The molecule has 0 heterocycles. The maximum Gasteiger partial charge on any atom is 0.309 e. The first-order valence-electron chi connectivity index (χ1n) is 5.10. The third kappa shape index (κ3) is 1.87.